The van der Waals surface area contributed by atoms with Crippen LogP contribution in [0.2, 0.25) is 0 Å². The van der Waals surface area contributed by atoms with Gasteiger partial charge in [0.25, 0.3) is 0 Å². The fourth-order valence-electron chi connectivity index (χ4n) is 8.78. The number of rotatable bonds is 47. The molecular weight excluding hydrogens is 831 g/mol. The minimum atomic E-state index is -1.62. The highest BCUT2D eigenvalue weighted by Gasteiger charge is 2.44. The van der Waals surface area contributed by atoms with Crippen molar-refractivity contribution in [3.8, 4) is 0 Å². The van der Waals surface area contributed by atoms with Gasteiger partial charge >= 0.3 is 0 Å². The van der Waals surface area contributed by atoms with Crippen LogP contribution in [0.1, 0.15) is 251 Å². The number of hydrogen-bond donors (Lipinski definition) is 7. The maximum atomic E-state index is 13.1. The van der Waals surface area contributed by atoms with Gasteiger partial charge in [0.05, 0.1) is 25.4 Å². The second-order valence-corrected chi connectivity index (χ2v) is 19.5. The number of nitrogens with one attached hydrogen (secondary N) is 1. The maximum absolute atomic E-state index is 13.1. The third-order valence-electron chi connectivity index (χ3n) is 13.3. The summed E-state index contributed by atoms with van der Waals surface area (Å²) >= 11 is 0. The molecule has 0 aromatic heterocycles. The van der Waals surface area contributed by atoms with Crippen molar-refractivity contribution in [2.45, 2.75) is 300 Å². The lowest BCUT2D eigenvalue weighted by molar-refractivity contribution is -0.302. The third kappa shape index (κ3) is 34.6. The lowest BCUT2D eigenvalue weighted by atomic mass is 9.99. The van der Waals surface area contributed by atoms with Crippen LogP contribution in [0, 0.1) is 0 Å². The van der Waals surface area contributed by atoms with Crippen molar-refractivity contribution in [3.05, 3.63) is 36.5 Å². The summed E-state index contributed by atoms with van der Waals surface area (Å²) in [4.78, 5) is 13.1. The minimum Gasteiger partial charge on any atom is -0.394 e. The Bertz CT molecular complexity index is 1150. The maximum Gasteiger partial charge on any atom is 0.249 e. The fourth-order valence-corrected chi connectivity index (χ4v) is 8.78. The third-order valence-corrected chi connectivity index (χ3v) is 13.3. The van der Waals surface area contributed by atoms with Gasteiger partial charge in [0, 0.05) is 0 Å². The summed E-state index contributed by atoms with van der Waals surface area (Å²) < 4.78 is 11.1. The SMILES string of the molecule is CCCCC/C=C/CC/C=C/CC/C=C/C(O)C(COC1OC(CO)C(O)C(O)C1O)NC(=O)C(O)CCCCCCCCCCCCCCCCCCCCCCCCCCCCCC. The molecule has 1 aliphatic heterocycles. The molecule has 0 aromatic rings. The van der Waals surface area contributed by atoms with E-state index in [-0.39, 0.29) is 6.61 Å². The first kappa shape index (κ1) is 62.4. The number of aliphatic hydroxyl groups is 6. The molecule has 10 heteroatoms. The van der Waals surface area contributed by atoms with E-state index in [2.05, 4.69) is 43.5 Å². The Hall–Kier alpha value is -1.63. The molecule has 0 spiro atoms. The van der Waals surface area contributed by atoms with Gasteiger partial charge in [0.15, 0.2) is 6.29 Å². The Kier molecular flexibility index (Phi) is 43.3. The number of amides is 1. The van der Waals surface area contributed by atoms with Gasteiger partial charge in [-0.15, -0.1) is 0 Å². The fraction of sp³-hybridized carbons (Fsp3) is 0.875. The monoisotopic (exact) mass is 936 g/mol. The first-order chi connectivity index (χ1) is 32.3. The summed E-state index contributed by atoms with van der Waals surface area (Å²) in [6.07, 6.45) is 48.4. The molecule has 1 aliphatic rings. The van der Waals surface area contributed by atoms with Crippen LogP contribution in [-0.4, -0.2) is 98.7 Å². The molecule has 8 atom stereocenters. The molecule has 0 radical (unpaired) electrons. The van der Waals surface area contributed by atoms with Crippen molar-refractivity contribution in [2.75, 3.05) is 13.2 Å². The number of unbranched alkanes of at least 4 members (excludes halogenated alkanes) is 32. The summed E-state index contributed by atoms with van der Waals surface area (Å²) in [6.45, 7) is 3.57. The highest BCUT2D eigenvalue weighted by molar-refractivity contribution is 5.80. The predicted molar refractivity (Wildman–Crippen MR) is 273 cm³/mol. The Balaban J connectivity index is 2.21. The van der Waals surface area contributed by atoms with Gasteiger partial charge in [-0.05, 0) is 44.9 Å². The second kappa shape index (κ2) is 45.8. The molecule has 7 N–H and O–H groups in total. The summed E-state index contributed by atoms with van der Waals surface area (Å²) in [6, 6.07) is -1.00. The van der Waals surface area contributed by atoms with Crippen LogP contribution < -0.4 is 5.32 Å². The zero-order chi connectivity index (χ0) is 48.1. The summed E-state index contributed by atoms with van der Waals surface area (Å²) in [5.41, 5.74) is 0. The summed E-state index contributed by atoms with van der Waals surface area (Å²) in [5.74, 6) is -0.628. The van der Waals surface area contributed by atoms with Crippen LogP contribution >= 0.6 is 0 Å². The zero-order valence-electron chi connectivity index (χ0n) is 42.6. The number of hydrogen-bond acceptors (Lipinski definition) is 9. The number of allylic oxidation sites excluding steroid dienone is 5. The highest BCUT2D eigenvalue weighted by Crippen LogP contribution is 2.23. The van der Waals surface area contributed by atoms with Crippen molar-refractivity contribution >= 4 is 5.91 Å². The number of aliphatic hydroxyl groups excluding tert-OH is 6. The minimum absolute atomic E-state index is 0.304. The van der Waals surface area contributed by atoms with E-state index in [4.69, 9.17) is 9.47 Å². The van der Waals surface area contributed by atoms with E-state index in [9.17, 15) is 35.4 Å². The highest BCUT2D eigenvalue weighted by atomic mass is 16.7. The van der Waals surface area contributed by atoms with E-state index >= 15 is 0 Å². The van der Waals surface area contributed by atoms with E-state index in [0.29, 0.717) is 19.3 Å². The van der Waals surface area contributed by atoms with Gasteiger partial charge in [0.2, 0.25) is 5.91 Å². The molecule has 1 fully saturated rings. The normalized spacial score (nSPS) is 20.5. The van der Waals surface area contributed by atoms with Crippen LogP contribution in [0.3, 0.4) is 0 Å². The topological polar surface area (TPSA) is 169 Å². The summed E-state index contributed by atoms with van der Waals surface area (Å²) in [7, 11) is 0. The van der Waals surface area contributed by atoms with Gasteiger partial charge < -0.3 is 45.4 Å². The van der Waals surface area contributed by atoms with Crippen LogP contribution in [0.5, 0.6) is 0 Å². The average molecular weight is 936 g/mol. The quantitative estimate of drug-likeness (QED) is 0.0232. The molecule has 10 nitrogen and oxygen atoms in total. The number of carbonyl (C=O) groups excluding carboxylic acids is 1. The molecule has 0 aliphatic carbocycles. The molecule has 1 saturated heterocycles. The molecule has 1 heterocycles. The van der Waals surface area contributed by atoms with E-state index < -0.39 is 61.5 Å². The number of carbonyl (C=O) groups is 1. The van der Waals surface area contributed by atoms with E-state index in [0.717, 1.165) is 44.9 Å². The molecule has 0 bridgehead atoms. The lowest BCUT2D eigenvalue weighted by Gasteiger charge is -2.40. The van der Waals surface area contributed by atoms with Gasteiger partial charge in [-0.1, -0.05) is 243 Å². The van der Waals surface area contributed by atoms with Crippen molar-refractivity contribution in [2.24, 2.45) is 0 Å². The first-order valence-electron chi connectivity index (χ1n) is 27.8. The molecule has 1 amide bonds. The standard InChI is InChI=1S/C56H105NO9/c1-3-5-7-9-11-13-15-17-18-19-20-21-22-23-24-25-26-27-28-29-30-31-33-35-37-39-41-43-45-50(60)55(64)57-48(47-65-56-54(63)53(62)52(61)51(46-58)66-56)49(59)44-42-40-38-36-34-32-16-14-12-10-8-6-4-2/h12,14,34,36,42,44,48-54,56,58-63H,3-11,13,15-33,35,37-41,43,45-47H2,1-2H3,(H,57,64)/b14-12+,36-34+,44-42+. The van der Waals surface area contributed by atoms with Crippen LogP contribution in [0.15, 0.2) is 36.5 Å². The second-order valence-electron chi connectivity index (χ2n) is 19.5. The van der Waals surface area contributed by atoms with Crippen molar-refractivity contribution in [3.63, 3.8) is 0 Å². The van der Waals surface area contributed by atoms with E-state index in [1.807, 2.05) is 6.08 Å². The van der Waals surface area contributed by atoms with Gasteiger partial charge in [-0.25, -0.2) is 0 Å². The zero-order valence-corrected chi connectivity index (χ0v) is 42.6. The van der Waals surface area contributed by atoms with E-state index in [1.54, 1.807) is 6.08 Å². The van der Waals surface area contributed by atoms with Crippen LogP contribution in [0.25, 0.3) is 0 Å². The van der Waals surface area contributed by atoms with Crippen molar-refractivity contribution in [1.29, 1.82) is 0 Å². The Labute approximate surface area is 404 Å². The lowest BCUT2D eigenvalue weighted by Crippen LogP contribution is -2.60. The molecule has 8 unspecified atom stereocenters. The molecule has 0 aromatic carbocycles. The predicted octanol–water partition coefficient (Wildman–Crippen LogP) is 12.2. The number of ether oxygens (including phenoxy) is 2. The first-order valence-corrected chi connectivity index (χ1v) is 27.8. The largest absolute Gasteiger partial charge is 0.394 e. The Morgan fingerprint density at radius 1 is 0.515 bits per heavy atom. The smallest absolute Gasteiger partial charge is 0.249 e. The average Bonchev–Trinajstić information content (AvgIpc) is 3.32. The van der Waals surface area contributed by atoms with Crippen LogP contribution in [0.4, 0.5) is 0 Å². The molecule has 0 saturated carbocycles. The molecule has 388 valence electrons. The van der Waals surface area contributed by atoms with Gasteiger partial charge in [-0.2, -0.15) is 0 Å². The van der Waals surface area contributed by atoms with Crippen molar-refractivity contribution < 1.29 is 44.9 Å². The van der Waals surface area contributed by atoms with Crippen LogP contribution in [-0.2, 0) is 14.3 Å². The molecular formula is C56H105NO9. The summed E-state index contributed by atoms with van der Waals surface area (Å²) in [5, 5.41) is 64.8. The molecule has 66 heavy (non-hydrogen) atoms. The van der Waals surface area contributed by atoms with Crippen molar-refractivity contribution in [1.82, 2.24) is 5.32 Å². The van der Waals surface area contributed by atoms with Gasteiger partial charge in [0.1, 0.15) is 30.5 Å². The molecule has 1 rings (SSSR count). The Morgan fingerprint density at radius 3 is 1.32 bits per heavy atom. The van der Waals surface area contributed by atoms with E-state index in [1.165, 1.54) is 173 Å². The Morgan fingerprint density at radius 2 is 0.894 bits per heavy atom. The van der Waals surface area contributed by atoms with Gasteiger partial charge in [-0.3, -0.25) is 4.79 Å².